The minimum atomic E-state index is -2.47. The van der Waals surface area contributed by atoms with Crippen LogP contribution in [0.1, 0.15) is 13.8 Å². The fraction of sp³-hybridized carbons (Fsp3) is 0.800. The maximum atomic E-state index is 10.7. The fourth-order valence-corrected chi connectivity index (χ4v) is 1.34. The molecule has 0 rings (SSSR count). The summed E-state index contributed by atoms with van der Waals surface area (Å²) in [5.74, 6) is 0. The zero-order chi connectivity index (χ0) is 6.78. The van der Waals surface area contributed by atoms with Crippen LogP contribution in [0.3, 0.4) is 0 Å². The summed E-state index contributed by atoms with van der Waals surface area (Å²) in [6, 6.07) is 0. The van der Waals surface area contributed by atoms with Crippen LogP contribution >= 0.6 is 7.37 Å². The van der Waals surface area contributed by atoms with Gasteiger partial charge in [-0.2, -0.15) is 0 Å². The zero-order valence-electron chi connectivity index (χ0n) is 5.55. The molecule has 0 fully saturated rings. The van der Waals surface area contributed by atoms with E-state index in [1.165, 1.54) is 6.66 Å². The van der Waals surface area contributed by atoms with E-state index >= 15 is 0 Å². The Labute approximate surface area is 50.7 Å². The monoisotopic (exact) mass is 135 g/mol. The lowest BCUT2D eigenvalue weighted by atomic mass is 10.5. The quantitative estimate of drug-likeness (QED) is 0.428. The molecule has 1 unspecified atom stereocenters. The van der Waals surface area contributed by atoms with E-state index < -0.39 is 7.37 Å². The Morgan fingerprint density at radius 2 is 2.00 bits per heavy atom. The zero-order valence-corrected chi connectivity index (χ0v) is 6.44. The third kappa shape index (κ3) is 6.19. The molecule has 0 spiro atoms. The third-order valence-corrected chi connectivity index (χ3v) is 1.30. The highest BCUT2D eigenvalue weighted by molar-refractivity contribution is 7.59. The molecule has 0 aliphatic rings. The topological polar surface area (TPSA) is 26.3 Å². The molecule has 0 heterocycles. The molecular weight excluding hydrogens is 123 g/mol. The molecule has 0 aliphatic heterocycles. The van der Waals surface area contributed by atoms with Gasteiger partial charge in [-0.25, -0.2) is 0 Å². The second-order valence-electron chi connectivity index (χ2n) is 2.17. The molecule has 0 aromatic rings. The van der Waals surface area contributed by atoms with Gasteiger partial charge in [0.15, 0.2) is 0 Å². The van der Waals surface area contributed by atoms with Gasteiger partial charge < -0.3 is 9.09 Å². The normalized spacial score (nSPS) is 18.6. The van der Waals surface area contributed by atoms with Crippen LogP contribution in [0.2, 0.25) is 0 Å². The summed E-state index contributed by atoms with van der Waals surface area (Å²) in [5.41, 5.74) is 0. The Morgan fingerprint density at radius 1 is 1.62 bits per heavy atom. The lowest BCUT2D eigenvalue weighted by Crippen LogP contribution is -1.96. The van der Waals surface area contributed by atoms with E-state index in [9.17, 15) is 4.57 Å². The summed E-state index contributed by atoms with van der Waals surface area (Å²) in [6.45, 7) is 8.52. The highest BCUT2D eigenvalue weighted by atomic mass is 31.2. The van der Waals surface area contributed by atoms with E-state index in [0.29, 0.717) is 0 Å². The second kappa shape index (κ2) is 2.65. The van der Waals surface area contributed by atoms with Gasteiger partial charge in [-0.05, 0) is 20.5 Å². The van der Waals surface area contributed by atoms with Crippen LogP contribution < -0.4 is 0 Å². The first kappa shape index (κ1) is 8.19. The van der Waals surface area contributed by atoms with Gasteiger partial charge in [0.2, 0.25) is 0 Å². The van der Waals surface area contributed by atoms with Gasteiger partial charge in [-0.15, -0.1) is 0 Å². The van der Waals surface area contributed by atoms with Crippen molar-refractivity contribution in [2.75, 3.05) is 6.66 Å². The lowest BCUT2D eigenvalue weighted by Gasteiger charge is -2.16. The summed E-state index contributed by atoms with van der Waals surface area (Å²) in [7, 11) is -2.47. The van der Waals surface area contributed by atoms with E-state index in [0.717, 1.165) is 0 Å². The highest BCUT2D eigenvalue weighted by Gasteiger charge is 2.00. The van der Waals surface area contributed by atoms with Crippen LogP contribution in [0.4, 0.5) is 0 Å². The molecule has 0 bridgehead atoms. The Bertz CT molecular complexity index is 103. The molecule has 50 valence electrons. The van der Waals surface area contributed by atoms with Gasteiger partial charge in [0.25, 0.3) is 0 Å². The van der Waals surface area contributed by atoms with E-state index in [1.54, 1.807) is 0 Å². The number of rotatable bonds is 2. The highest BCUT2D eigenvalue weighted by Crippen LogP contribution is 2.41. The van der Waals surface area contributed by atoms with Crippen molar-refractivity contribution in [1.29, 1.82) is 0 Å². The van der Waals surface area contributed by atoms with Gasteiger partial charge >= 0.3 is 0 Å². The van der Waals surface area contributed by atoms with E-state index in [-0.39, 0.29) is 6.10 Å². The molecule has 0 aromatic heterocycles. The Morgan fingerprint density at radius 3 is 2.00 bits per heavy atom. The predicted molar refractivity (Wildman–Crippen MR) is 35.1 cm³/mol. The van der Waals surface area contributed by atoms with Gasteiger partial charge in [-0.1, -0.05) is 0 Å². The second-order valence-corrected chi connectivity index (χ2v) is 4.41. The fourth-order valence-electron chi connectivity index (χ4n) is 0.446. The predicted octanol–water partition coefficient (Wildman–Crippen LogP) is 2.11. The van der Waals surface area contributed by atoms with Gasteiger partial charge in [-0.3, -0.25) is 6.66 Å². The molecule has 8 heavy (non-hydrogen) atoms. The summed E-state index contributed by atoms with van der Waals surface area (Å²) in [6.07, 6.45) is 0.0170. The molecule has 0 radical (unpaired) electrons. The molecule has 0 saturated heterocycles. The van der Waals surface area contributed by atoms with Gasteiger partial charge in [0, 0.05) is 0 Å². The smallest absolute Gasteiger partial charge is 0.0628 e. The molecule has 1 atom stereocenters. The van der Waals surface area contributed by atoms with Crippen molar-refractivity contribution in [2.24, 2.45) is 0 Å². The van der Waals surface area contributed by atoms with Crippen LogP contribution in [0.5, 0.6) is 0 Å². The Hall–Kier alpha value is 0.190. The number of hydrogen-bond donors (Lipinski definition) is 0. The van der Waals surface area contributed by atoms with Crippen LogP contribution in [-0.4, -0.2) is 12.8 Å². The van der Waals surface area contributed by atoms with E-state index in [2.05, 4.69) is 6.66 Å². The van der Waals surface area contributed by atoms with Crippen molar-refractivity contribution >= 4 is 7.37 Å². The first-order valence-corrected chi connectivity index (χ1v) is 4.78. The molecule has 0 amide bonds. The minimum Gasteiger partial charge on any atom is -0.351 e. The van der Waals surface area contributed by atoms with Crippen molar-refractivity contribution in [1.82, 2.24) is 0 Å². The van der Waals surface area contributed by atoms with E-state index in [4.69, 9.17) is 4.52 Å². The molecular formula is C5H12O2P-. The largest absolute Gasteiger partial charge is 0.351 e. The van der Waals surface area contributed by atoms with Crippen LogP contribution in [0.15, 0.2) is 0 Å². The van der Waals surface area contributed by atoms with Crippen LogP contribution in [0, 0.1) is 6.66 Å². The standard InChI is InChI=1S/C5H12O2P/c1-5(2)7-8(3,4)6/h5H,3H2,1-2,4H3/q-1. The average molecular weight is 135 g/mol. The van der Waals surface area contributed by atoms with E-state index in [1.807, 2.05) is 13.8 Å². The lowest BCUT2D eigenvalue weighted by molar-refractivity contribution is 0.251. The molecule has 2 nitrogen and oxygen atoms in total. The van der Waals surface area contributed by atoms with Crippen molar-refractivity contribution in [3.8, 4) is 0 Å². The Balaban J connectivity index is 3.56. The van der Waals surface area contributed by atoms with Gasteiger partial charge in [0.05, 0.1) is 13.5 Å². The van der Waals surface area contributed by atoms with Crippen molar-refractivity contribution in [3.05, 3.63) is 6.66 Å². The first-order valence-electron chi connectivity index (χ1n) is 2.52. The van der Waals surface area contributed by atoms with Crippen LogP contribution in [-0.2, 0) is 9.09 Å². The molecule has 0 N–H and O–H groups in total. The molecule has 3 heteroatoms. The number of hydrogen-bond acceptors (Lipinski definition) is 2. The third-order valence-electron chi connectivity index (χ3n) is 0.434. The minimum absolute atomic E-state index is 0.0170. The van der Waals surface area contributed by atoms with Crippen LogP contribution in [0.25, 0.3) is 0 Å². The van der Waals surface area contributed by atoms with Crippen molar-refractivity contribution in [3.63, 3.8) is 0 Å². The Kier molecular flexibility index (Phi) is 2.72. The average Bonchev–Trinajstić information content (AvgIpc) is 1.21. The molecule has 0 aromatic carbocycles. The summed E-state index contributed by atoms with van der Waals surface area (Å²) in [5, 5.41) is 0. The first-order chi connectivity index (χ1) is 3.42. The van der Waals surface area contributed by atoms with Crippen molar-refractivity contribution < 1.29 is 9.09 Å². The maximum absolute atomic E-state index is 10.7. The van der Waals surface area contributed by atoms with Crippen molar-refractivity contribution in [2.45, 2.75) is 20.0 Å². The summed E-state index contributed by atoms with van der Waals surface area (Å²) < 4.78 is 15.6. The maximum Gasteiger partial charge on any atom is 0.0628 e. The SMILES string of the molecule is [CH2-]P(C)(=O)OC(C)C. The molecule has 0 aliphatic carbocycles. The molecule has 0 saturated carbocycles. The van der Waals surface area contributed by atoms with Gasteiger partial charge in [0.1, 0.15) is 0 Å². The summed E-state index contributed by atoms with van der Waals surface area (Å²) >= 11 is 0. The summed E-state index contributed by atoms with van der Waals surface area (Å²) in [4.78, 5) is 0.